The van der Waals surface area contributed by atoms with Crippen LogP contribution in [-0.4, -0.2) is 47.9 Å². The van der Waals surface area contributed by atoms with Crippen LogP contribution in [0.25, 0.3) is 17.0 Å². The van der Waals surface area contributed by atoms with Crippen LogP contribution < -0.4 is 9.47 Å². The van der Waals surface area contributed by atoms with Gasteiger partial charge in [0.05, 0.1) is 17.1 Å². The second-order valence-electron chi connectivity index (χ2n) is 9.10. The van der Waals surface area contributed by atoms with E-state index in [0.29, 0.717) is 36.8 Å². The van der Waals surface area contributed by atoms with Crippen molar-refractivity contribution in [3.05, 3.63) is 64.5 Å². The summed E-state index contributed by atoms with van der Waals surface area (Å²) in [6, 6.07) is 9.84. The molecule has 1 aromatic heterocycles. The topological polar surface area (TPSA) is 77.8 Å². The molecular weight excluding hydrogens is 440 g/mol. The second-order valence-corrected chi connectivity index (χ2v) is 11.3. The van der Waals surface area contributed by atoms with Gasteiger partial charge in [-0.05, 0) is 31.6 Å². The van der Waals surface area contributed by atoms with Crippen LogP contribution in [0.4, 0.5) is 0 Å². The summed E-state index contributed by atoms with van der Waals surface area (Å²) in [4.78, 5) is 15.3. The number of ketones is 1. The van der Waals surface area contributed by atoms with Gasteiger partial charge < -0.3 is 14.0 Å². The van der Waals surface area contributed by atoms with E-state index in [1.807, 2.05) is 60.0 Å². The number of carbonyl (C=O) groups excluding carboxylic acids is 1. The van der Waals surface area contributed by atoms with Gasteiger partial charge in [0.1, 0.15) is 18.2 Å². The maximum atomic E-state index is 13.3. The van der Waals surface area contributed by atoms with E-state index in [1.54, 1.807) is 6.08 Å². The lowest BCUT2D eigenvalue weighted by molar-refractivity contribution is 0.0637. The summed E-state index contributed by atoms with van der Waals surface area (Å²) in [5.74, 6) is 1.80. The van der Waals surface area contributed by atoms with Crippen LogP contribution in [0.5, 0.6) is 11.5 Å². The molecule has 7 nitrogen and oxygen atoms in total. The summed E-state index contributed by atoms with van der Waals surface area (Å²) < 4.78 is 38.0. The van der Waals surface area contributed by atoms with Crippen LogP contribution in [0.15, 0.2) is 42.3 Å². The number of ether oxygens (including phenoxy) is 2. The average Bonchev–Trinajstić information content (AvgIpc) is 3.43. The van der Waals surface area contributed by atoms with Crippen molar-refractivity contribution in [2.45, 2.75) is 25.9 Å². The number of hydrogen-bond donors (Lipinski definition) is 0. The quantitative estimate of drug-likeness (QED) is 0.541. The Kier molecular flexibility index (Phi) is 4.47. The lowest BCUT2D eigenvalue weighted by atomic mass is 9.99. The minimum absolute atomic E-state index is 0.0505. The minimum Gasteiger partial charge on any atom is -0.477 e. The van der Waals surface area contributed by atoms with Gasteiger partial charge in [-0.3, -0.25) is 9.69 Å². The smallest absolute Gasteiger partial charge is 0.231 e. The number of allylic oxidation sites excluding steroid dienone is 1. The van der Waals surface area contributed by atoms with Gasteiger partial charge in [0.15, 0.2) is 15.6 Å². The highest BCUT2D eigenvalue weighted by Gasteiger charge is 2.37. The molecule has 0 saturated carbocycles. The number of sulfone groups is 1. The fourth-order valence-electron chi connectivity index (χ4n) is 5.19. The summed E-state index contributed by atoms with van der Waals surface area (Å²) in [6.45, 7) is 2.79. The van der Waals surface area contributed by atoms with Crippen LogP contribution in [0.1, 0.15) is 33.5 Å². The minimum atomic E-state index is -2.98. The molecule has 8 heteroatoms. The first kappa shape index (κ1) is 20.5. The van der Waals surface area contributed by atoms with Crippen molar-refractivity contribution in [3.63, 3.8) is 0 Å². The number of aromatic nitrogens is 1. The van der Waals surface area contributed by atoms with Crippen molar-refractivity contribution in [1.29, 1.82) is 0 Å². The lowest BCUT2D eigenvalue weighted by Gasteiger charge is -2.33. The zero-order valence-electron chi connectivity index (χ0n) is 18.5. The Morgan fingerprint density at radius 3 is 2.79 bits per heavy atom. The zero-order chi connectivity index (χ0) is 22.9. The number of carbonyl (C=O) groups is 1. The molecule has 0 bridgehead atoms. The van der Waals surface area contributed by atoms with E-state index in [1.165, 1.54) is 0 Å². The highest BCUT2D eigenvalue weighted by atomic mass is 32.2. The van der Waals surface area contributed by atoms with E-state index in [4.69, 9.17) is 9.47 Å². The molecule has 3 aromatic rings. The van der Waals surface area contributed by atoms with Crippen molar-refractivity contribution >= 4 is 32.6 Å². The number of benzene rings is 2. The maximum Gasteiger partial charge on any atom is 0.231 e. The second kappa shape index (κ2) is 7.20. The zero-order valence-corrected chi connectivity index (χ0v) is 19.3. The number of rotatable bonds is 2. The first-order valence-corrected chi connectivity index (χ1v) is 12.8. The summed E-state index contributed by atoms with van der Waals surface area (Å²) in [5.41, 5.74) is 4.24. The SMILES string of the molecule is Cc1c2c(cc3c1O/C(=C\c1cn(C)c4ccccc14)C3=O)CN(C1CCS(=O)(=O)C1)CO2. The Morgan fingerprint density at radius 1 is 1.18 bits per heavy atom. The van der Waals surface area contributed by atoms with Crippen molar-refractivity contribution in [1.82, 2.24) is 9.47 Å². The largest absolute Gasteiger partial charge is 0.477 e. The van der Waals surface area contributed by atoms with E-state index in [9.17, 15) is 13.2 Å². The first-order chi connectivity index (χ1) is 15.8. The molecule has 1 saturated heterocycles. The highest BCUT2D eigenvalue weighted by molar-refractivity contribution is 7.91. The molecule has 6 rings (SSSR count). The fraction of sp³-hybridized carbons (Fsp3) is 0.320. The number of fused-ring (bicyclic) bond motifs is 3. The van der Waals surface area contributed by atoms with Gasteiger partial charge >= 0.3 is 0 Å². The fourth-order valence-corrected chi connectivity index (χ4v) is 6.95. The summed E-state index contributed by atoms with van der Waals surface area (Å²) in [6.07, 6.45) is 4.41. The number of hydrogen-bond acceptors (Lipinski definition) is 6. The van der Waals surface area contributed by atoms with Gasteiger partial charge in [-0.1, -0.05) is 18.2 Å². The molecule has 0 spiro atoms. The predicted molar refractivity (Wildman–Crippen MR) is 125 cm³/mol. The van der Waals surface area contributed by atoms with E-state index in [-0.39, 0.29) is 23.3 Å². The number of para-hydroxylation sites is 1. The molecule has 2 aromatic carbocycles. The van der Waals surface area contributed by atoms with Gasteiger partial charge in [0.25, 0.3) is 0 Å². The highest BCUT2D eigenvalue weighted by Crippen LogP contribution is 2.44. The molecule has 3 aliphatic rings. The van der Waals surface area contributed by atoms with Crippen LogP contribution in [-0.2, 0) is 23.4 Å². The number of nitrogens with zero attached hydrogens (tertiary/aromatic N) is 2. The Bertz CT molecular complexity index is 1470. The third-order valence-electron chi connectivity index (χ3n) is 6.90. The summed E-state index contributed by atoms with van der Waals surface area (Å²) in [7, 11) is -1.00. The van der Waals surface area contributed by atoms with Crippen LogP contribution in [0.2, 0.25) is 0 Å². The van der Waals surface area contributed by atoms with E-state index in [2.05, 4.69) is 0 Å². The van der Waals surface area contributed by atoms with Crippen LogP contribution in [0, 0.1) is 6.92 Å². The Balaban J connectivity index is 1.34. The maximum absolute atomic E-state index is 13.3. The van der Waals surface area contributed by atoms with E-state index >= 15 is 0 Å². The number of Topliss-reactive ketones (excluding diaryl/α,β-unsaturated/α-hetero) is 1. The van der Waals surface area contributed by atoms with Gasteiger partial charge in [0.2, 0.25) is 5.78 Å². The monoisotopic (exact) mass is 464 g/mol. The summed E-state index contributed by atoms with van der Waals surface area (Å²) in [5, 5.41) is 1.06. The Labute approximate surface area is 192 Å². The van der Waals surface area contributed by atoms with Crippen molar-refractivity contribution in [2.24, 2.45) is 7.05 Å². The molecule has 1 fully saturated rings. The standard InChI is InChI=1S/C25H24N2O5S/c1-15-24-17(12-27(14-31-24)18-7-8-33(29,30)13-18)9-20-23(28)22(32-25(15)20)10-16-11-26(2)21-6-4-3-5-19(16)21/h3-6,9-11,18H,7-8,12-14H2,1-2H3/b22-10-. The molecule has 3 aliphatic heterocycles. The molecule has 0 aliphatic carbocycles. The van der Waals surface area contributed by atoms with Crippen LogP contribution in [0.3, 0.4) is 0 Å². The van der Waals surface area contributed by atoms with Crippen molar-refractivity contribution in [2.75, 3.05) is 18.2 Å². The van der Waals surface area contributed by atoms with Crippen molar-refractivity contribution < 1.29 is 22.7 Å². The lowest BCUT2D eigenvalue weighted by Crippen LogP contribution is -2.41. The molecular formula is C25H24N2O5S. The van der Waals surface area contributed by atoms with Crippen molar-refractivity contribution in [3.8, 4) is 11.5 Å². The molecule has 4 heterocycles. The number of aryl methyl sites for hydroxylation is 1. The Hall–Kier alpha value is -3.10. The first-order valence-electron chi connectivity index (χ1n) is 11.0. The van der Waals surface area contributed by atoms with Gasteiger partial charge in [-0.25, -0.2) is 8.42 Å². The molecule has 0 radical (unpaired) electrons. The normalized spacial score (nSPS) is 22.9. The van der Waals surface area contributed by atoms with Gasteiger partial charge in [0, 0.05) is 53.4 Å². The van der Waals surface area contributed by atoms with E-state index in [0.717, 1.165) is 33.3 Å². The molecule has 170 valence electrons. The average molecular weight is 465 g/mol. The molecule has 0 amide bonds. The molecule has 1 atom stereocenters. The molecule has 1 unspecified atom stereocenters. The van der Waals surface area contributed by atoms with Crippen LogP contribution >= 0.6 is 0 Å². The third-order valence-corrected chi connectivity index (χ3v) is 8.65. The predicted octanol–water partition coefficient (Wildman–Crippen LogP) is 3.44. The molecule has 33 heavy (non-hydrogen) atoms. The van der Waals surface area contributed by atoms with E-state index < -0.39 is 9.84 Å². The molecule has 0 N–H and O–H groups in total. The van der Waals surface area contributed by atoms with Gasteiger partial charge in [-0.15, -0.1) is 0 Å². The summed E-state index contributed by atoms with van der Waals surface area (Å²) >= 11 is 0. The Morgan fingerprint density at radius 2 is 2.00 bits per heavy atom. The third kappa shape index (κ3) is 3.28. The van der Waals surface area contributed by atoms with Gasteiger partial charge in [-0.2, -0.15) is 0 Å².